The molecule has 5 aromatic rings. The molecule has 8 nitrogen and oxygen atoms in total. The maximum absolute atomic E-state index is 13.6. The molecular formula is C22H13F3N6O2S. The molecular weight excluding hydrogens is 469 g/mol. The molecule has 0 aliphatic heterocycles. The third kappa shape index (κ3) is 3.73. The summed E-state index contributed by atoms with van der Waals surface area (Å²) in [5, 5.41) is 6.92. The fourth-order valence-corrected chi connectivity index (χ4v) is 4.51. The summed E-state index contributed by atoms with van der Waals surface area (Å²) in [6, 6.07) is 12.2. The van der Waals surface area contributed by atoms with Crippen molar-refractivity contribution in [3.63, 3.8) is 0 Å². The molecule has 0 saturated heterocycles. The van der Waals surface area contributed by atoms with Crippen LogP contribution < -0.4 is 11.1 Å². The van der Waals surface area contributed by atoms with Gasteiger partial charge >= 0.3 is 6.18 Å². The van der Waals surface area contributed by atoms with Crippen LogP contribution in [0.3, 0.4) is 0 Å². The van der Waals surface area contributed by atoms with Crippen molar-refractivity contribution in [2.75, 3.05) is 5.32 Å². The summed E-state index contributed by atoms with van der Waals surface area (Å²) in [4.78, 5) is 32.8. The van der Waals surface area contributed by atoms with Gasteiger partial charge in [0.2, 0.25) is 0 Å². The second-order valence-corrected chi connectivity index (χ2v) is 8.17. The Morgan fingerprint density at radius 1 is 1.09 bits per heavy atom. The van der Waals surface area contributed by atoms with Crippen molar-refractivity contribution in [3.05, 3.63) is 77.2 Å². The molecule has 0 aliphatic carbocycles. The minimum absolute atomic E-state index is 0.00500. The molecule has 5 rings (SSSR count). The maximum Gasteiger partial charge on any atom is 0.433 e. The van der Waals surface area contributed by atoms with E-state index in [0.29, 0.717) is 22.5 Å². The van der Waals surface area contributed by atoms with E-state index in [1.165, 1.54) is 16.8 Å². The highest BCUT2D eigenvalue weighted by Crippen LogP contribution is 2.43. The first-order valence-corrected chi connectivity index (χ1v) is 10.6. The van der Waals surface area contributed by atoms with Gasteiger partial charge in [-0.05, 0) is 23.3 Å². The van der Waals surface area contributed by atoms with Crippen molar-refractivity contribution < 1.29 is 22.8 Å². The number of nitrogens with zero attached hydrogens (tertiary/aromatic N) is 4. The summed E-state index contributed by atoms with van der Waals surface area (Å²) in [6.07, 6.45) is -1.59. The smallest absolute Gasteiger partial charge is 0.365 e. The molecule has 12 heteroatoms. The number of nitrogens with one attached hydrogen (secondary N) is 1. The van der Waals surface area contributed by atoms with E-state index in [-0.39, 0.29) is 32.0 Å². The lowest BCUT2D eigenvalue weighted by atomic mass is 10.0. The Hall–Kier alpha value is -4.32. The van der Waals surface area contributed by atoms with Crippen molar-refractivity contribution in [2.45, 2.75) is 6.18 Å². The van der Waals surface area contributed by atoms with Gasteiger partial charge in [-0.1, -0.05) is 30.3 Å². The first-order chi connectivity index (χ1) is 16.2. The number of amides is 2. The number of hydrogen-bond acceptors (Lipinski definition) is 6. The second kappa shape index (κ2) is 7.92. The van der Waals surface area contributed by atoms with E-state index < -0.39 is 23.7 Å². The molecule has 34 heavy (non-hydrogen) atoms. The van der Waals surface area contributed by atoms with Crippen LogP contribution >= 0.6 is 11.3 Å². The number of halogens is 3. The van der Waals surface area contributed by atoms with E-state index in [0.717, 1.165) is 6.07 Å². The summed E-state index contributed by atoms with van der Waals surface area (Å²) in [7, 11) is 0. The Morgan fingerprint density at radius 3 is 2.53 bits per heavy atom. The van der Waals surface area contributed by atoms with Crippen molar-refractivity contribution in [2.24, 2.45) is 5.73 Å². The number of thiophene rings is 1. The zero-order valence-electron chi connectivity index (χ0n) is 17.0. The number of hydrogen-bond donors (Lipinski definition) is 2. The van der Waals surface area contributed by atoms with Crippen LogP contribution in [-0.2, 0) is 6.18 Å². The number of pyridine rings is 1. The zero-order chi connectivity index (χ0) is 24.0. The number of nitrogens with two attached hydrogens (primary N) is 1. The fraction of sp³-hybridized carbons (Fsp3) is 0.0455. The van der Waals surface area contributed by atoms with Gasteiger partial charge in [-0.3, -0.25) is 9.59 Å². The summed E-state index contributed by atoms with van der Waals surface area (Å²) in [6.45, 7) is 0. The van der Waals surface area contributed by atoms with E-state index in [1.807, 2.05) is 0 Å². The standard InChI is InChI=1S/C22H13F3N6O2S/c23-22(24,25)14-9-12(11-5-2-1-3-6-11)16-17(18(19(26)32)34-21(16)28-14)29-20(33)13-10-15-27-7-4-8-31(15)30-13/h1-10H,(H2,26,32)(H,29,33). The molecule has 0 unspecified atom stereocenters. The average molecular weight is 482 g/mol. The summed E-state index contributed by atoms with van der Waals surface area (Å²) >= 11 is 0.675. The van der Waals surface area contributed by atoms with Crippen LogP contribution in [0, 0.1) is 0 Å². The van der Waals surface area contributed by atoms with E-state index in [4.69, 9.17) is 5.73 Å². The van der Waals surface area contributed by atoms with Crippen LogP contribution in [0.1, 0.15) is 25.9 Å². The molecule has 0 spiro atoms. The fourth-order valence-electron chi connectivity index (χ4n) is 3.50. The van der Waals surface area contributed by atoms with E-state index in [9.17, 15) is 22.8 Å². The monoisotopic (exact) mass is 482 g/mol. The molecule has 4 aromatic heterocycles. The first kappa shape index (κ1) is 21.5. The molecule has 2 amide bonds. The molecule has 0 fully saturated rings. The van der Waals surface area contributed by atoms with Crippen LogP contribution in [-0.4, -0.2) is 31.4 Å². The Bertz CT molecular complexity index is 1540. The number of anilines is 1. The van der Waals surface area contributed by atoms with Gasteiger partial charge < -0.3 is 11.1 Å². The summed E-state index contributed by atoms with van der Waals surface area (Å²) < 4.78 is 42.1. The largest absolute Gasteiger partial charge is 0.433 e. The van der Waals surface area contributed by atoms with Gasteiger partial charge in [0, 0.05) is 23.8 Å². The molecule has 1 aromatic carbocycles. The highest BCUT2D eigenvalue weighted by Gasteiger charge is 2.35. The molecule has 0 aliphatic rings. The van der Waals surface area contributed by atoms with Crippen LogP contribution in [0.15, 0.2) is 60.9 Å². The third-order valence-corrected chi connectivity index (χ3v) is 6.07. The zero-order valence-corrected chi connectivity index (χ0v) is 17.8. The van der Waals surface area contributed by atoms with Gasteiger partial charge in [0.05, 0.1) is 5.69 Å². The molecule has 4 heterocycles. The Kier molecular flexibility index (Phi) is 5.01. The number of aromatic nitrogens is 4. The molecule has 3 N–H and O–H groups in total. The second-order valence-electron chi connectivity index (χ2n) is 7.18. The van der Waals surface area contributed by atoms with Gasteiger partial charge in [0.25, 0.3) is 11.8 Å². The number of benzene rings is 1. The number of carbonyl (C=O) groups is 2. The minimum atomic E-state index is -4.72. The molecule has 0 atom stereocenters. The van der Waals surface area contributed by atoms with Crippen LogP contribution in [0.4, 0.5) is 18.9 Å². The normalized spacial score (nSPS) is 11.7. The quantitative estimate of drug-likeness (QED) is 0.395. The number of alkyl halides is 3. The lowest BCUT2D eigenvalue weighted by molar-refractivity contribution is -0.140. The minimum Gasteiger partial charge on any atom is -0.365 e. The average Bonchev–Trinajstić information content (AvgIpc) is 3.40. The van der Waals surface area contributed by atoms with Gasteiger partial charge in [0.1, 0.15) is 15.4 Å². The number of rotatable bonds is 4. The van der Waals surface area contributed by atoms with Crippen molar-refractivity contribution in [1.29, 1.82) is 0 Å². The van der Waals surface area contributed by atoms with Crippen molar-refractivity contribution in [1.82, 2.24) is 19.6 Å². The van der Waals surface area contributed by atoms with Gasteiger partial charge in [-0.2, -0.15) is 18.3 Å². The highest BCUT2D eigenvalue weighted by molar-refractivity contribution is 7.21. The van der Waals surface area contributed by atoms with Crippen molar-refractivity contribution in [3.8, 4) is 11.1 Å². The SMILES string of the molecule is NC(=O)c1sc2nc(C(F)(F)F)cc(-c3ccccc3)c2c1NC(=O)c1cc2ncccn2n1. The Labute approximate surface area is 192 Å². The topological polar surface area (TPSA) is 115 Å². The number of primary amides is 1. The molecule has 0 radical (unpaired) electrons. The van der Waals surface area contributed by atoms with E-state index in [2.05, 4.69) is 20.4 Å². The maximum atomic E-state index is 13.6. The first-order valence-electron chi connectivity index (χ1n) is 9.74. The molecule has 0 bridgehead atoms. The van der Waals surface area contributed by atoms with Gasteiger partial charge in [0.15, 0.2) is 11.3 Å². The predicted octanol–water partition coefficient (Wildman–Crippen LogP) is 4.38. The predicted molar refractivity (Wildman–Crippen MR) is 120 cm³/mol. The lowest BCUT2D eigenvalue weighted by Crippen LogP contribution is -2.17. The molecule has 170 valence electrons. The summed E-state index contributed by atoms with van der Waals surface area (Å²) in [5.41, 5.74) is 5.36. The highest BCUT2D eigenvalue weighted by atomic mass is 32.1. The van der Waals surface area contributed by atoms with Gasteiger partial charge in [-0.25, -0.2) is 14.5 Å². The third-order valence-electron chi connectivity index (χ3n) is 4.97. The van der Waals surface area contributed by atoms with E-state index in [1.54, 1.807) is 42.6 Å². The van der Waals surface area contributed by atoms with Crippen LogP contribution in [0.5, 0.6) is 0 Å². The number of carbonyl (C=O) groups excluding carboxylic acids is 2. The Balaban J connectivity index is 1.72. The van der Waals surface area contributed by atoms with Crippen molar-refractivity contribution >= 4 is 44.7 Å². The Morgan fingerprint density at radius 2 is 1.85 bits per heavy atom. The van der Waals surface area contributed by atoms with Gasteiger partial charge in [-0.15, -0.1) is 11.3 Å². The summed E-state index contributed by atoms with van der Waals surface area (Å²) in [5.74, 6) is -1.60. The molecule has 0 saturated carbocycles. The lowest BCUT2D eigenvalue weighted by Gasteiger charge is -2.12. The number of fused-ring (bicyclic) bond motifs is 2. The van der Waals surface area contributed by atoms with Crippen LogP contribution in [0.25, 0.3) is 27.0 Å². The van der Waals surface area contributed by atoms with Crippen LogP contribution in [0.2, 0.25) is 0 Å². The van der Waals surface area contributed by atoms with E-state index >= 15 is 0 Å².